The molecule has 0 aliphatic heterocycles. The molecule has 1 fully saturated rings. The number of anilines is 3. The molecule has 4 aliphatic rings. The van der Waals surface area contributed by atoms with Gasteiger partial charge in [-0.3, -0.25) is 0 Å². The van der Waals surface area contributed by atoms with E-state index in [0.29, 0.717) is 5.92 Å². The average molecular weight is 845 g/mol. The highest BCUT2D eigenvalue weighted by atomic mass is 15.1. The minimum Gasteiger partial charge on any atom is -0.310 e. The van der Waals surface area contributed by atoms with Gasteiger partial charge < -0.3 is 9.47 Å². The highest BCUT2D eigenvalue weighted by molar-refractivity contribution is 6.11. The fourth-order valence-electron chi connectivity index (χ4n) is 13.0. The van der Waals surface area contributed by atoms with Crippen LogP contribution in [0.15, 0.2) is 218 Å². The molecule has 0 saturated heterocycles. The summed E-state index contributed by atoms with van der Waals surface area (Å²) in [5, 5.41) is 2.51. The van der Waals surface area contributed by atoms with Crippen LogP contribution in [0.25, 0.3) is 83.1 Å². The Bertz CT molecular complexity index is 3640. The molecule has 1 saturated carbocycles. The van der Waals surface area contributed by atoms with E-state index < -0.39 is 0 Å². The lowest BCUT2D eigenvalue weighted by Gasteiger charge is -2.45. The molecule has 1 heterocycles. The molecule has 1 spiro atoms. The Morgan fingerprint density at radius 1 is 0.439 bits per heavy atom. The van der Waals surface area contributed by atoms with Crippen LogP contribution < -0.4 is 4.90 Å². The molecule has 66 heavy (non-hydrogen) atoms. The molecule has 14 rings (SSSR count). The minimum absolute atomic E-state index is 0.121. The molecule has 0 N–H and O–H groups in total. The first kappa shape index (κ1) is 37.7. The first-order valence-corrected chi connectivity index (χ1v) is 23.9. The fraction of sp³-hybridized carbons (Fsp3) is 0.125. The Hall–Kier alpha value is -7.68. The van der Waals surface area contributed by atoms with E-state index in [1.54, 1.807) is 5.57 Å². The van der Waals surface area contributed by atoms with Gasteiger partial charge in [-0.25, -0.2) is 0 Å². The Balaban J connectivity index is 1.04. The zero-order valence-corrected chi connectivity index (χ0v) is 37.1. The van der Waals surface area contributed by atoms with Crippen LogP contribution in [0.5, 0.6) is 0 Å². The summed E-state index contributed by atoms with van der Waals surface area (Å²) in [6.45, 7) is 2.44. The van der Waals surface area contributed by atoms with Crippen molar-refractivity contribution < 1.29 is 0 Å². The maximum atomic E-state index is 2.66. The van der Waals surface area contributed by atoms with E-state index in [1.165, 1.54) is 114 Å². The number of benzene rings is 9. The van der Waals surface area contributed by atoms with Gasteiger partial charge in [0.1, 0.15) is 0 Å². The van der Waals surface area contributed by atoms with Crippen LogP contribution in [0.3, 0.4) is 0 Å². The number of hydrogen-bond acceptors (Lipinski definition) is 1. The lowest BCUT2D eigenvalue weighted by Crippen LogP contribution is -2.36. The van der Waals surface area contributed by atoms with Crippen LogP contribution in [-0.2, 0) is 5.41 Å². The largest absolute Gasteiger partial charge is 0.310 e. The van der Waals surface area contributed by atoms with E-state index in [-0.39, 0.29) is 5.41 Å². The minimum atomic E-state index is -0.121. The molecule has 10 aromatic rings. The molecule has 314 valence electrons. The third-order valence-corrected chi connectivity index (χ3v) is 15.7. The highest BCUT2D eigenvalue weighted by Gasteiger charge is 2.49. The van der Waals surface area contributed by atoms with Crippen molar-refractivity contribution in [2.75, 3.05) is 4.90 Å². The number of allylic oxidation sites excluding steroid dienone is 2. The van der Waals surface area contributed by atoms with Gasteiger partial charge in [0, 0.05) is 38.9 Å². The van der Waals surface area contributed by atoms with Crippen LogP contribution in [0, 0.1) is 11.8 Å². The first-order valence-electron chi connectivity index (χ1n) is 23.9. The summed E-state index contributed by atoms with van der Waals surface area (Å²) in [5.41, 5.74) is 24.3. The standard InChI is InChI=1S/C64H48N2/c1-41-35-42-33-34-64(43(36-41)37-42)60-25-13-11-23-55(60)56-31-28-46(39-61(56)64)65(47-29-32-58-57-24-12-14-26-62(57)66(63(58)40-47)44-15-3-2-4-16-44)45-27-30-54-52-21-8-7-19-50(52)48-17-5-6-18-49(48)51-20-9-10-22-53(51)59(54)38-45/h2-32,36,38-42H,33-35,37H2,1H3. The summed E-state index contributed by atoms with van der Waals surface area (Å²) in [7, 11) is 0. The van der Waals surface area contributed by atoms with Crippen molar-refractivity contribution in [3.63, 3.8) is 0 Å². The molecule has 2 heteroatoms. The maximum absolute atomic E-state index is 2.66. The normalized spacial score (nSPS) is 18.6. The molecule has 2 nitrogen and oxygen atoms in total. The highest BCUT2D eigenvalue weighted by Crippen LogP contribution is 2.62. The van der Waals surface area contributed by atoms with Gasteiger partial charge in [-0.05, 0) is 159 Å². The number of hydrogen-bond donors (Lipinski definition) is 0. The van der Waals surface area contributed by atoms with Gasteiger partial charge in [0.05, 0.1) is 11.0 Å². The second kappa shape index (κ2) is 14.4. The molecule has 9 aromatic carbocycles. The third kappa shape index (κ3) is 5.42. The number of para-hydroxylation sites is 2. The maximum Gasteiger partial charge on any atom is 0.0561 e. The monoisotopic (exact) mass is 844 g/mol. The van der Waals surface area contributed by atoms with Crippen molar-refractivity contribution in [3.8, 4) is 61.3 Å². The Kier molecular flexibility index (Phi) is 8.23. The van der Waals surface area contributed by atoms with Gasteiger partial charge >= 0.3 is 0 Å². The number of nitrogens with zero attached hydrogens (tertiary/aromatic N) is 2. The first-order chi connectivity index (χ1) is 32.6. The van der Waals surface area contributed by atoms with E-state index >= 15 is 0 Å². The van der Waals surface area contributed by atoms with Crippen molar-refractivity contribution in [1.82, 2.24) is 4.57 Å². The molecule has 0 amide bonds. The number of rotatable bonds is 4. The molecule has 3 unspecified atom stereocenters. The summed E-state index contributed by atoms with van der Waals surface area (Å²) in [6, 6.07) is 77.7. The summed E-state index contributed by atoms with van der Waals surface area (Å²) in [5.74, 6) is 1.37. The van der Waals surface area contributed by atoms with Crippen LogP contribution >= 0.6 is 0 Å². The van der Waals surface area contributed by atoms with Gasteiger partial charge in [-0.15, -0.1) is 0 Å². The third-order valence-electron chi connectivity index (χ3n) is 15.7. The van der Waals surface area contributed by atoms with Crippen molar-refractivity contribution >= 4 is 38.9 Å². The molecule has 0 radical (unpaired) electrons. The summed E-state index contributed by atoms with van der Waals surface area (Å²) < 4.78 is 2.45. The predicted octanol–water partition coefficient (Wildman–Crippen LogP) is 17.3. The Morgan fingerprint density at radius 2 is 0.955 bits per heavy atom. The van der Waals surface area contributed by atoms with Gasteiger partial charge in [0.2, 0.25) is 0 Å². The molecule has 4 aliphatic carbocycles. The van der Waals surface area contributed by atoms with Gasteiger partial charge in [0.25, 0.3) is 0 Å². The van der Waals surface area contributed by atoms with Crippen LogP contribution in [0.4, 0.5) is 17.1 Å². The van der Waals surface area contributed by atoms with Gasteiger partial charge in [-0.1, -0.05) is 170 Å². The van der Waals surface area contributed by atoms with Crippen molar-refractivity contribution in [2.45, 2.75) is 38.0 Å². The molecular formula is C64H48N2. The lowest BCUT2D eigenvalue weighted by molar-refractivity contribution is 0.284. The van der Waals surface area contributed by atoms with Crippen LogP contribution in [0.2, 0.25) is 0 Å². The molecule has 2 bridgehead atoms. The van der Waals surface area contributed by atoms with E-state index in [2.05, 4.69) is 229 Å². The zero-order valence-electron chi connectivity index (χ0n) is 37.1. The fourth-order valence-corrected chi connectivity index (χ4v) is 13.0. The molecule has 1 aromatic heterocycles. The summed E-state index contributed by atoms with van der Waals surface area (Å²) in [4.78, 5) is 2.55. The molecular weight excluding hydrogens is 797 g/mol. The van der Waals surface area contributed by atoms with E-state index in [0.717, 1.165) is 29.4 Å². The number of aromatic nitrogens is 1. The quantitative estimate of drug-likeness (QED) is 0.160. The smallest absolute Gasteiger partial charge is 0.0561 e. The summed E-state index contributed by atoms with van der Waals surface area (Å²) in [6.07, 6.45) is 7.58. The summed E-state index contributed by atoms with van der Waals surface area (Å²) >= 11 is 0. The van der Waals surface area contributed by atoms with Crippen LogP contribution in [0.1, 0.15) is 43.7 Å². The Labute approximate surface area is 386 Å². The van der Waals surface area contributed by atoms with E-state index in [4.69, 9.17) is 0 Å². The molecule has 3 atom stereocenters. The zero-order chi connectivity index (χ0) is 43.5. The predicted molar refractivity (Wildman–Crippen MR) is 276 cm³/mol. The van der Waals surface area contributed by atoms with E-state index in [9.17, 15) is 0 Å². The number of fused-ring (bicyclic) bond motifs is 19. The van der Waals surface area contributed by atoms with Crippen molar-refractivity contribution in [2.24, 2.45) is 11.8 Å². The average Bonchev–Trinajstić information content (AvgIpc) is 3.85. The Morgan fingerprint density at radius 3 is 1.67 bits per heavy atom. The SMILES string of the molecule is CC1C=C2CC(CCC23c2ccccc2-c2ccc(N(c4ccc5c(c4)-c4ccccc4-c4ccccc4-c4ccccc4-5)c4ccc5c6ccccc6n(-c6ccccc6)c5c4)cc23)C1. The second-order valence-corrected chi connectivity index (χ2v) is 19.3. The van der Waals surface area contributed by atoms with Gasteiger partial charge in [0.15, 0.2) is 0 Å². The second-order valence-electron chi connectivity index (χ2n) is 19.3. The van der Waals surface area contributed by atoms with Crippen LogP contribution in [-0.4, -0.2) is 4.57 Å². The van der Waals surface area contributed by atoms with E-state index in [1.807, 2.05) is 0 Å². The topological polar surface area (TPSA) is 8.17 Å². The van der Waals surface area contributed by atoms with Crippen molar-refractivity contribution in [3.05, 3.63) is 229 Å². The van der Waals surface area contributed by atoms with Crippen molar-refractivity contribution in [1.29, 1.82) is 0 Å². The lowest BCUT2D eigenvalue weighted by atomic mass is 9.58. The van der Waals surface area contributed by atoms with Gasteiger partial charge in [-0.2, -0.15) is 0 Å².